The lowest BCUT2D eigenvalue weighted by Gasteiger charge is -2.11. The van der Waals surface area contributed by atoms with Crippen LogP contribution in [0.3, 0.4) is 0 Å². The molecule has 212 valence electrons. The molecule has 0 aliphatic carbocycles. The molecular weight excluding hydrogens is 583 g/mol. The lowest BCUT2D eigenvalue weighted by Crippen LogP contribution is -2.33. The fourth-order valence-corrected chi connectivity index (χ4v) is 3.76. The average molecular weight is 605 g/mol. The first-order valence-corrected chi connectivity index (χ1v) is 12.9. The summed E-state index contributed by atoms with van der Waals surface area (Å²) in [7, 11) is 1.40. The van der Waals surface area contributed by atoms with Gasteiger partial charge in [-0.2, -0.15) is 5.10 Å². The number of esters is 1. The third-order valence-corrected chi connectivity index (χ3v) is 6.08. The number of hydrogen-bond acceptors (Lipinski definition) is 7. The second-order valence-electron chi connectivity index (χ2n) is 8.47. The molecule has 0 saturated heterocycles. The highest BCUT2D eigenvalue weighted by molar-refractivity contribution is 6.40. The highest BCUT2D eigenvalue weighted by atomic mass is 35.5. The minimum Gasteiger partial charge on any atom is -0.493 e. The number of amides is 3. The first-order chi connectivity index (χ1) is 20.2. The number of anilines is 2. The zero-order chi connectivity index (χ0) is 30.1. The van der Waals surface area contributed by atoms with Crippen LogP contribution in [0.2, 0.25) is 10.0 Å². The van der Waals surface area contributed by atoms with Crippen LogP contribution in [0.1, 0.15) is 26.3 Å². The molecule has 0 atom stereocenters. The normalized spacial score (nSPS) is 10.5. The molecule has 0 aliphatic rings. The molecule has 0 fully saturated rings. The van der Waals surface area contributed by atoms with E-state index in [9.17, 15) is 19.2 Å². The van der Waals surface area contributed by atoms with Gasteiger partial charge in [0.1, 0.15) is 0 Å². The molecule has 0 saturated carbocycles. The van der Waals surface area contributed by atoms with Gasteiger partial charge in [-0.05, 0) is 84.4 Å². The highest BCUT2D eigenvalue weighted by Crippen LogP contribution is 2.28. The molecule has 4 rings (SSSR count). The van der Waals surface area contributed by atoms with Gasteiger partial charge in [-0.15, -0.1) is 0 Å². The summed E-state index contributed by atoms with van der Waals surface area (Å²) in [6.45, 7) is 0. The highest BCUT2D eigenvalue weighted by Gasteiger charge is 2.18. The molecule has 0 aromatic heterocycles. The van der Waals surface area contributed by atoms with Gasteiger partial charge in [0.2, 0.25) is 0 Å². The number of nitrogens with one attached hydrogen (secondary N) is 3. The maximum absolute atomic E-state index is 12.8. The van der Waals surface area contributed by atoms with Crippen LogP contribution in [-0.4, -0.2) is 37.0 Å². The van der Waals surface area contributed by atoms with Gasteiger partial charge in [0, 0.05) is 15.7 Å². The van der Waals surface area contributed by atoms with Crippen molar-refractivity contribution in [2.45, 2.75) is 0 Å². The van der Waals surface area contributed by atoms with Crippen LogP contribution in [0.15, 0.2) is 96.1 Å². The molecule has 0 spiro atoms. The molecule has 12 heteroatoms. The number of methoxy groups -OCH3 is 1. The third kappa shape index (κ3) is 7.94. The Morgan fingerprint density at radius 2 is 1.43 bits per heavy atom. The first-order valence-electron chi connectivity index (χ1n) is 12.2. The van der Waals surface area contributed by atoms with E-state index >= 15 is 0 Å². The number of carbonyl (C=O) groups excluding carboxylic acids is 4. The number of ether oxygens (including phenoxy) is 2. The van der Waals surface area contributed by atoms with Crippen molar-refractivity contribution < 1.29 is 28.7 Å². The minimum atomic E-state index is -1.07. The quantitative estimate of drug-likeness (QED) is 0.0791. The molecule has 4 aromatic carbocycles. The molecular formula is C30H22Cl2N4O6. The van der Waals surface area contributed by atoms with Crippen molar-refractivity contribution in [1.29, 1.82) is 0 Å². The van der Waals surface area contributed by atoms with Crippen molar-refractivity contribution in [2.75, 3.05) is 17.7 Å². The SMILES string of the molecule is COc1cc(C=NNC(=O)C(=O)Nc2ccccc2C(=O)Nc2ccc(Cl)cc2)ccc1OC(=O)c1ccc(Cl)cc1. The number of para-hydroxylation sites is 1. The Morgan fingerprint density at radius 1 is 0.762 bits per heavy atom. The Balaban J connectivity index is 1.35. The summed E-state index contributed by atoms with van der Waals surface area (Å²) >= 11 is 11.7. The van der Waals surface area contributed by atoms with Crippen LogP contribution in [0.25, 0.3) is 0 Å². The second-order valence-corrected chi connectivity index (χ2v) is 9.34. The number of halogens is 2. The number of nitrogens with zero attached hydrogens (tertiary/aromatic N) is 1. The number of carbonyl (C=O) groups is 4. The van der Waals surface area contributed by atoms with Gasteiger partial charge in [-0.1, -0.05) is 35.3 Å². The maximum atomic E-state index is 12.8. The van der Waals surface area contributed by atoms with E-state index in [0.29, 0.717) is 26.9 Å². The van der Waals surface area contributed by atoms with Gasteiger partial charge in [0.25, 0.3) is 5.91 Å². The molecule has 4 aromatic rings. The summed E-state index contributed by atoms with van der Waals surface area (Å²) in [4.78, 5) is 50.0. The fourth-order valence-electron chi connectivity index (χ4n) is 3.51. The molecule has 0 bridgehead atoms. The summed E-state index contributed by atoms with van der Waals surface area (Å²) in [5.41, 5.74) is 3.67. The van der Waals surface area contributed by atoms with Crippen LogP contribution >= 0.6 is 23.2 Å². The Bertz CT molecular complexity index is 1660. The van der Waals surface area contributed by atoms with E-state index in [-0.39, 0.29) is 22.7 Å². The monoisotopic (exact) mass is 604 g/mol. The Morgan fingerprint density at radius 3 is 2.12 bits per heavy atom. The molecule has 0 aliphatic heterocycles. The van der Waals surface area contributed by atoms with Crippen LogP contribution in [0.4, 0.5) is 11.4 Å². The van der Waals surface area contributed by atoms with Gasteiger partial charge in [-0.25, -0.2) is 10.2 Å². The van der Waals surface area contributed by atoms with Crippen LogP contribution < -0.4 is 25.5 Å². The molecule has 0 heterocycles. The Labute approximate surface area is 250 Å². The standard InChI is InChI=1S/C30H22Cl2N4O6/c1-41-26-16-18(6-15-25(26)42-30(40)19-7-9-20(31)10-8-19)17-33-36-29(39)28(38)35-24-5-3-2-4-23(24)27(37)34-22-13-11-21(32)12-14-22/h2-17H,1H3,(H,34,37)(H,35,38)(H,36,39). The predicted molar refractivity (Wildman–Crippen MR) is 160 cm³/mol. The largest absolute Gasteiger partial charge is 0.493 e. The van der Waals surface area contributed by atoms with Gasteiger partial charge in [-0.3, -0.25) is 14.4 Å². The zero-order valence-electron chi connectivity index (χ0n) is 21.9. The van der Waals surface area contributed by atoms with Gasteiger partial charge in [0.05, 0.1) is 30.1 Å². The van der Waals surface area contributed by atoms with Crippen molar-refractivity contribution in [2.24, 2.45) is 5.10 Å². The van der Waals surface area contributed by atoms with Crippen molar-refractivity contribution in [3.8, 4) is 11.5 Å². The maximum Gasteiger partial charge on any atom is 0.343 e. The van der Waals surface area contributed by atoms with E-state index in [0.717, 1.165) is 0 Å². The van der Waals surface area contributed by atoms with Crippen molar-refractivity contribution >= 4 is 64.5 Å². The van der Waals surface area contributed by atoms with E-state index in [4.69, 9.17) is 32.7 Å². The van der Waals surface area contributed by atoms with Crippen molar-refractivity contribution in [1.82, 2.24) is 5.43 Å². The van der Waals surface area contributed by atoms with Crippen LogP contribution in [-0.2, 0) is 9.59 Å². The average Bonchev–Trinajstić information content (AvgIpc) is 2.99. The summed E-state index contributed by atoms with van der Waals surface area (Å²) in [6.07, 6.45) is 1.27. The second kappa shape index (κ2) is 13.9. The zero-order valence-corrected chi connectivity index (χ0v) is 23.4. The summed E-state index contributed by atoms with van der Waals surface area (Å²) < 4.78 is 10.7. The molecule has 42 heavy (non-hydrogen) atoms. The van der Waals surface area contributed by atoms with Gasteiger partial charge in [0.15, 0.2) is 11.5 Å². The van der Waals surface area contributed by atoms with Crippen LogP contribution in [0.5, 0.6) is 11.5 Å². The van der Waals surface area contributed by atoms with E-state index < -0.39 is 23.7 Å². The van der Waals surface area contributed by atoms with E-state index in [1.807, 2.05) is 0 Å². The van der Waals surface area contributed by atoms with E-state index in [1.165, 1.54) is 49.7 Å². The fraction of sp³-hybridized carbons (Fsp3) is 0.0333. The summed E-state index contributed by atoms with van der Waals surface area (Å²) in [5, 5.41) is 9.91. The number of hydrogen-bond donors (Lipinski definition) is 3. The van der Waals surface area contributed by atoms with Gasteiger partial charge < -0.3 is 20.1 Å². The van der Waals surface area contributed by atoms with Crippen molar-refractivity contribution in [3.63, 3.8) is 0 Å². The van der Waals surface area contributed by atoms with E-state index in [1.54, 1.807) is 54.6 Å². The van der Waals surface area contributed by atoms with E-state index in [2.05, 4.69) is 21.2 Å². The topological polar surface area (TPSA) is 135 Å². The lowest BCUT2D eigenvalue weighted by atomic mass is 10.1. The molecule has 0 radical (unpaired) electrons. The van der Waals surface area contributed by atoms with Crippen molar-refractivity contribution in [3.05, 3.63) is 118 Å². The summed E-state index contributed by atoms with van der Waals surface area (Å²) in [5.74, 6) is -2.81. The third-order valence-electron chi connectivity index (χ3n) is 5.58. The number of rotatable bonds is 8. The number of benzene rings is 4. The van der Waals surface area contributed by atoms with Gasteiger partial charge >= 0.3 is 17.8 Å². The smallest absolute Gasteiger partial charge is 0.343 e. The first kappa shape index (κ1) is 29.8. The summed E-state index contributed by atoms with van der Waals surface area (Å²) in [6, 6.07) is 23.5. The molecule has 10 nitrogen and oxygen atoms in total. The molecule has 3 amide bonds. The predicted octanol–water partition coefficient (Wildman–Crippen LogP) is 5.56. The number of hydrazone groups is 1. The van der Waals surface area contributed by atoms with Crippen LogP contribution in [0, 0.1) is 0 Å². The minimum absolute atomic E-state index is 0.126. The molecule has 3 N–H and O–H groups in total. The lowest BCUT2D eigenvalue weighted by molar-refractivity contribution is -0.136. The molecule has 0 unspecified atom stereocenters. The Hall–Kier alpha value is -5.19. The Kier molecular flexibility index (Phi) is 9.88.